The Balaban J connectivity index is 2.97. The quantitative estimate of drug-likeness (QED) is 0.774. The van der Waals surface area contributed by atoms with Crippen molar-refractivity contribution >= 4 is 0 Å². The number of methoxy groups -OCH3 is 1. The fraction of sp³-hybridized carbons (Fsp3) is 0.385. The van der Waals surface area contributed by atoms with Gasteiger partial charge in [-0.2, -0.15) is 10.5 Å². The van der Waals surface area contributed by atoms with E-state index in [0.717, 1.165) is 11.3 Å². The lowest BCUT2D eigenvalue weighted by Crippen LogP contribution is -2.08. The molecular formula is C13H14N2O. The third kappa shape index (κ3) is 2.52. The summed E-state index contributed by atoms with van der Waals surface area (Å²) in [7, 11) is 1.60. The first-order valence-electron chi connectivity index (χ1n) is 5.20. The van der Waals surface area contributed by atoms with E-state index in [1.54, 1.807) is 7.11 Å². The molecule has 0 aromatic heterocycles. The highest BCUT2D eigenvalue weighted by Gasteiger charge is 2.21. The Hall–Kier alpha value is -2.00. The zero-order valence-corrected chi connectivity index (χ0v) is 9.47. The lowest BCUT2D eigenvalue weighted by atomic mass is 9.86. The van der Waals surface area contributed by atoms with Gasteiger partial charge in [0.2, 0.25) is 0 Å². The van der Waals surface area contributed by atoms with Crippen LogP contribution in [-0.4, -0.2) is 7.11 Å². The minimum absolute atomic E-state index is 0.251. The summed E-state index contributed by atoms with van der Waals surface area (Å²) in [6, 6.07) is 11.7. The second kappa shape index (κ2) is 5.78. The van der Waals surface area contributed by atoms with E-state index in [4.69, 9.17) is 15.3 Å². The summed E-state index contributed by atoms with van der Waals surface area (Å²) in [5.74, 6) is 0.143. The number of rotatable bonds is 4. The van der Waals surface area contributed by atoms with Crippen molar-refractivity contribution in [2.45, 2.75) is 19.3 Å². The van der Waals surface area contributed by atoms with Gasteiger partial charge < -0.3 is 4.74 Å². The van der Waals surface area contributed by atoms with Gasteiger partial charge in [-0.05, 0) is 24.1 Å². The highest BCUT2D eigenvalue weighted by molar-refractivity contribution is 5.33. The van der Waals surface area contributed by atoms with Gasteiger partial charge in [-0.25, -0.2) is 0 Å². The maximum Gasteiger partial charge on any atom is 0.118 e. The zero-order valence-electron chi connectivity index (χ0n) is 9.47. The Labute approximate surface area is 95.9 Å². The van der Waals surface area contributed by atoms with Gasteiger partial charge in [0.05, 0.1) is 31.1 Å². The molecule has 1 aromatic rings. The van der Waals surface area contributed by atoms with E-state index in [0.29, 0.717) is 6.42 Å². The summed E-state index contributed by atoms with van der Waals surface area (Å²) < 4.78 is 5.05. The molecule has 0 saturated heterocycles. The van der Waals surface area contributed by atoms with Gasteiger partial charge in [-0.1, -0.05) is 19.1 Å². The number of hydrogen-bond acceptors (Lipinski definition) is 3. The third-order valence-corrected chi connectivity index (χ3v) is 2.62. The van der Waals surface area contributed by atoms with Gasteiger partial charge in [0.1, 0.15) is 5.75 Å². The minimum Gasteiger partial charge on any atom is -0.497 e. The molecule has 0 amide bonds. The van der Waals surface area contributed by atoms with Crippen molar-refractivity contribution in [1.82, 2.24) is 0 Å². The fourth-order valence-corrected chi connectivity index (χ4v) is 1.61. The van der Waals surface area contributed by atoms with Crippen LogP contribution in [0.4, 0.5) is 0 Å². The molecule has 0 aliphatic rings. The SMILES string of the molecule is CC[C@H](C#N)[C@H](C#N)c1ccc(OC)cc1. The molecule has 0 radical (unpaired) electrons. The smallest absolute Gasteiger partial charge is 0.118 e. The number of nitriles is 2. The zero-order chi connectivity index (χ0) is 12.0. The molecule has 0 aliphatic carbocycles. The Kier molecular flexibility index (Phi) is 4.36. The predicted octanol–water partition coefficient (Wildman–Crippen LogP) is 2.85. The minimum atomic E-state index is -0.360. The second-order valence-corrected chi connectivity index (χ2v) is 3.52. The van der Waals surface area contributed by atoms with Crippen molar-refractivity contribution in [3.63, 3.8) is 0 Å². The van der Waals surface area contributed by atoms with Crippen LogP contribution in [0.2, 0.25) is 0 Å². The molecule has 82 valence electrons. The van der Waals surface area contributed by atoms with Gasteiger partial charge in [0.15, 0.2) is 0 Å². The average molecular weight is 214 g/mol. The molecule has 3 heteroatoms. The second-order valence-electron chi connectivity index (χ2n) is 3.52. The summed E-state index contributed by atoms with van der Waals surface area (Å²) in [5.41, 5.74) is 0.872. The summed E-state index contributed by atoms with van der Waals surface area (Å²) in [5, 5.41) is 18.1. The Morgan fingerprint density at radius 3 is 2.19 bits per heavy atom. The van der Waals surface area contributed by atoms with E-state index in [1.165, 1.54) is 0 Å². The van der Waals surface area contributed by atoms with E-state index < -0.39 is 0 Å². The van der Waals surface area contributed by atoms with Gasteiger partial charge in [0, 0.05) is 0 Å². The van der Waals surface area contributed by atoms with Crippen molar-refractivity contribution in [2.24, 2.45) is 5.92 Å². The molecule has 0 fully saturated rings. The van der Waals surface area contributed by atoms with E-state index in [-0.39, 0.29) is 11.8 Å². The maximum absolute atomic E-state index is 9.11. The number of benzene rings is 1. The summed E-state index contributed by atoms with van der Waals surface area (Å²) >= 11 is 0. The van der Waals surface area contributed by atoms with Crippen LogP contribution in [0.1, 0.15) is 24.8 Å². The van der Waals surface area contributed by atoms with Crippen molar-refractivity contribution in [2.75, 3.05) is 7.11 Å². The van der Waals surface area contributed by atoms with Crippen molar-refractivity contribution in [1.29, 1.82) is 10.5 Å². The number of hydrogen-bond donors (Lipinski definition) is 0. The highest BCUT2D eigenvalue weighted by Crippen LogP contribution is 2.27. The molecule has 0 heterocycles. The van der Waals surface area contributed by atoms with E-state index in [1.807, 2.05) is 31.2 Å². The molecule has 1 rings (SSSR count). The lowest BCUT2D eigenvalue weighted by Gasteiger charge is -2.13. The predicted molar refractivity (Wildman–Crippen MR) is 60.7 cm³/mol. The molecule has 0 saturated carbocycles. The molecule has 0 aliphatic heterocycles. The average Bonchev–Trinajstić information content (AvgIpc) is 2.36. The molecule has 0 N–H and O–H groups in total. The monoisotopic (exact) mass is 214 g/mol. The third-order valence-electron chi connectivity index (χ3n) is 2.62. The van der Waals surface area contributed by atoms with Crippen LogP contribution in [0.25, 0.3) is 0 Å². The van der Waals surface area contributed by atoms with Crippen LogP contribution in [0, 0.1) is 28.6 Å². The fourth-order valence-electron chi connectivity index (χ4n) is 1.61. The van der Waals surface area contributed by atoms with Crippen molar-refractivity contribution in [3.05, 3.63) is 29.8 Å². The van der Waals surface area contributed by atoms with E-state index in [2.05, 4.69) is 12.1 Å². The Bertz CT molecular complexity index is 411. The lowest BCUT2D eigenvalue weighted by molar-refractivity contribution is 0.414. The largest absolute Gasteiger partial charge is 0.497 e. The molecule has 3 nitrogen and oxygen atoms in total. The van der Waals surface area contributed by atoms with Gasteiger partial charge in [-0.15, -0.1) is 0 Å². The molecule has 1 aromatic carbocycles. The van der Waals surface area contributed by atoms with E-state index in [9.17, 15) is 0 Å². The molecular weight excluding hydrogens is 200 g/mol. The molecule has 0 spiro atoms. The maximum atomic E-state index is 9.11. The number of ether oxygens (including phenoxy) is 1. The first kappa shape index (κ1) is 12.1. The van der Waals surface area contributed by atoms with Crippen molar-refractivity contribution in [3.8, 4) is 17.9 Å². The van der Waals surface area contributed by atoms with Crippen LogP contribution >= 0.6 is 0 Å². The van der Waals surface area contributed by atoms with Gasteiger partial charge in [-0.3, -0.25) is 0 Å². The standard InChI is InChI=1S/C13H14N2O/c1-3-10(8-14)13(9-15)11-4-6-12(16-2)7-5-11/h4-7,10,13H,3H2,1-2H3/t10-,13+/m1/s1. The summed E-state index contributed by atoms with van der Waals surface area (Å²) in [4.78, 5) is 0. The summed E-state index contributed by atoms with van der Waals surface area (Å²) in [6.07, 6.45) is 0.681. The van der Waals surface area contributed by atoms with Crippen LogP contribution in [0.5, 0.6) is 5.75 Å². The van der Waals surface area contributed by atoms with E-state index >= 15 is 0 Å². The first-order valence-corrected chi connectivity index (χ1v) is 5.20. The summed E-state index contributed by atoms with van der Waals surface area (Å²) in [6.45, 7) is 1.92. The molecule has 2 atom stereocenters. The molecule has 0 unspecified atom stereocenters. The highest BCUT2D eigenvalue weighted by atomic mass is 16.5. The molecule has 16 heavy (non-hydrogen) atoms. The van der Waals surface area contributed by atoms with Gasteiger partial charge >= 0.3 is 0 Å². The van der Waals surface area contributed by atoms with Crippen LogP contribution in [0.3, 0.4) is 0 Å². The van der Waals surface area contributed by atoms with Crippen molar-refractivity contribution < 1.29 is 4.74 Å². The Morgan fingerprint density at radius 1 is 1.19 bits per heavy atom. The normalized spacial score (nSPS) is 13.2. The van der Waals surface area contributed by atoms with Crippen LogP contribution < -0.4 is 4.74 Å². The number of nitrogens with zero attached hydrogens (tertiary/aromatic N) is 2. The Morgan fingerprint density at radius 2 is 1.81 bits per heavy atom. The van der Waals surface area contributed by atoms with Gasteiger partial charge in [0.25, 0.3) is 0 Å². The first-order chi connectivity index (χ1) is 7.76. The van der Waals surface area contributed by atoms with Crippen LogP contribution in [0.15, 0.2) is 24.3 Å². The van der Waals surface area contributed by atoms with Crippen LogP contribution in [-0.2, 0) is 0 Å². The molecule has 0 bridgehead atoms. The topological polar surface area (TPSA) is 56.8 Å².